The molecule has 23 heavy (non-hydrogen) atoms. The van der Waals surface area contributed by atoms with Crippen LogP contribution in [-0.2, 0) is 42.2 Å². The number of hydrogen-bond donors (Lipinski definition) is 0. The van der Waals surface area contributed by atoms with Crippen LogP contribution >= 0.6 is 0 Å². The maximum atomic E-state index is 2.37. The van der Waals surface area contributed by atoms with E-state index in [0.717, 1.165) is 0 Å². The normalized spacial score (nSPS) is 11.0. The molecule has 0 heterocycles. The monoisotopic (exact) mass is 388 g/mol. The fourth-order valence-electron chi connectivity index (χ4n) is 3.45. The second-order valence-corrected chi connectivity index (χ2v) is 8.78. The molecule has 0 bridgehead atoms. The van der Waals surface area contributed by atoms with Gasteiger partial charge in [0.1, 0.15) is 0 Å². The van der Waals surface area contributed by atoms with Crippen LogP contribution in [0.25, 0.3) is 0 Å². The van der Waals surface area contributed by atoms with Crippen LogP contribution in [0.2, 0.25) is 13.1 Å². The van der Waals surface area contributed by atoms with Crippen molar-refractivity contribution in [1.82, 2.24) is 0 Å². The summed E-state index contributed by atoms with van der Waals surface area (Å²) in [6.07, 6.45) is 4.87. The topological polar surface area (TPSA) is 0 Å². The van der Waals surface area contributed by atoms with Gasteiger partial charge in [0.15, 0.2) is 0 Å². The summed E-state index contributed by atoms with van der Waals surface area (Å²) in [6, 6.07) is 9.29. The van der Waals surface area contributed by atoms with Gasteiger partial charge in [0, 0.05) is 0 Å². The van der Waals surface area contributed by atoms with Crippen LogP contribution in [0.4, 0.5) is 0 Å². The molecule has 2 rings (SSSR count). The quantitative estimate of drug-likeness (QED) is 0.527. The van der Waals surface area contributed by atoms with Crippen LogP contribution in [0.5, 0.6) is 0 Å². The Bertz CT molecular complexity index is 459. The van der Waals surface area contributed by atoms with Crippen molar-refractivity contribution in [3.05, 3.63) is 46.5 Å². The summed E-state index contributed by atoms with van der Waals surface area (Å²) in [6.45, 7) is 13.8. The molecular formula is C20H34NiSi2. The summed E-state index contributed by atoms with van der Waals surface area (Å²) < 4.78 is 0. The maximum Gasteiger partial charge on any atom is 2.00 e. The second kappa shape index (κ2) is 12.1. The van der Waals surface area contributed by atoms with Gasteiger partial charge in [-0.3, -0.25) is 0 Å². The first-order chi connectivity index (χ1) is 10.7. The maximum absolute atomic E-state index is 2.37. The van der Waals surface area contributed by atoms with Crippen molar-refractivity contribution in [2.75, 3.05) is 0 Å². The second-order valence-electron chi connectivity index (χ2n) is 5.85. The molecule has 0 radical (unpaired) electrons. The third-order valence-electron chi connectivity index (χ3n) is 4.75. The van der Waals surface area contributed by atoms with Crippen molar-refractivity contribution >= 4 is 29.4 Å². The Morgan fingerprint density at radius 2 is 1.04 bits per heavy atom. The van der Waals surface area contributed by atoms with Crippen LogP contribution in [0.15, 0.2) is 24.3 Å². The van der Waals surface area contributed by atoms with E-state index in [1.165, 1.54) is 25.7 Å². The smallest absolute Gasteiger partial charge is 0.210 e. The molecule has 0 N–H and O–H groups in total. The van der Waals surface area contributed by atoms with Gasteiger partial charge in [0.2, 0.25) is 0 Å². The van der Waals surface area contributed by atoms with Crippen molar-refractivity contribution in [1.29, 1.82) is 0 Å². The first kappa shape index (κ1) is 22.6. The zero-order valence-electron chi connectivity index (χ0n) is 15.9. The first-order valence-corrected chi connectivity index (χ1v) is 13.4. The van der Waals surface area contributed by atoms with Gasteiger partial charge in [-0.2, -0.15) is 44.8 Å². The minimum atomic E-state index is 0. The Hall–Kier alpha value is -0.373. The third-order valence-corrected chi connectivity index (χ3v) is 7.60. The van der Waals surface area contributed by atoms with Crippen LogP contribution in [0.3, 0.4) is 0 Å². The predicted molar refractivity (Wildman–Crippen MR) is 110 cm³/mol. The molecule has 0 aromatic heterocycles. The van der Waals surface area contributed by atoms with E-state index in [4.69, 9.17) is 0 Å². The molecule has 0 saturated carbocycles. The summed E-state index contributed by atoms with van der Waals surface area (Å²) in [4.78, 5) is 0. The van der Waals surface area contributed by atoms with Crippen LogP contribution in [0.1, 0.15) is 49.9 Å². The summed E-state index contributed by atoms with van der Waals surface area (Å²) >= 11 is 0. The molecule has 0 aliphatic carbocycles. The van der Waals surface area contributed by atoms with Crippen molar-refractivity contribution in [2.45, 2.75) is 66.5 Å². The minimum Gasteiger partial charge on any atom is -0.210 e. The number of hydrogen-bond acceptors (Lipinski definition) is 0. The predicted octanol–water partition coefficient (Wildman–Crippen LogP) is 2.74. The molecule has 0 aliphatic rings. The largest absolute Gasteiger partial charge is 2.00 e. The standard InChI is InChI=1S/2C10H17Si.Ni/c2*1-4-8-6-7-10(11-3)9(8)5-2;/h2*6-7H,4-5,11H2,1-3H3;/q2*-1;+2. The van der Waals surface area contributed by atoms with E-state index >= 15 is 0 Å². The Balaban J connectivity index is 0.000000403. The Kier molecular flexibility index (Phi) is 11.9. The molecule has 0 fully saturated rings. The Morgan fingerprint density at radius 1 is 0.696 bits per heavy atom. The molecule has 3 heteroatoms. The van der Waals surface area contributed by atoms with Crippen LogP contribution in [0, 0.1) is 0 Å². The molecule has 2 aromatic rings. The van der Waals surface area contributed by atoms with E-state index in [1.54, 1.807) is 32.6 Å². The van der Waals surface area contributed by atoms with E-state index in [0.29, 0.717) is 0 Å². The first-order valence-electron chi connectivity index (χ1n) is 9.19. The molecule has 0 saturated heterocycles. The zero-order valence-corrected chi connectivity index (χ0v) is 19.7. The fraction of sp³-hybridized carbons (Fsp3) is 0.500. The third kappa shape index (κ3) is 5.88. The van der Waals surface area contributed by atoms with Gasteiger partial charge >= 0.3 is 16.5 Å². The average Bonchev–Trinajstić information content (AvgIpc) is 3.16. The van der Waals surface area contributed by atoms with Gasteiger partial charge in [-0.05, 0) is 19.0 Å². The van der Waals surface area contributed by atoms with Gasteiger partial charge < -0.3 is 0 Å². The van der Waals surface area contributed by atoms with E-state index in [1.807, 2.05) is 0 Å². The summed E-state index contributed by atoms with van der Waals surface area (Å²) in [5.74, 6) is 0. The molecule has 132 valence electrons. The molecule has 0 atom stereocenters. The van der Waals surface area contributed by atoms with Gasteiger partial charge in [-0.15, -0.1) is 0 Å². The zero-order chi connectivity index (χ0) is 16.5. The Morgan fingerprint density at radius 3 is 1.26 bits per heavy atom. The number of rotatable bonds is 6. The Labute approximate surface area is 158 Å². The molecule has 2 aromatic carbocycles. The van der Waals surface area contributed by atoms with E-state index in [-0.39, 0.29) is 35.5 Å². The van der Waals surface area contributed by atoms with Crippen molar-refractivity contribution in [3.8, 4) is 0 Å². The summed E-state index contributed by atoms with van der Waals surface area (Å²) in [5.41, 5.74) is 6.47. The minimum absolute atomic E-state index is 0. The van der Waals surface area contributed by atoms with Crippen molar-refractivity contribution < 1.29 is 16.5 Å². The van der Waals surface area contributed by atoms with Crippen molar-refractivity contribution in [3.63, 3.8) is 0 Å². The summed E-state index contributed by atoms with van der Waals surface area (Å²) in [5, 5.41) is 3.37. The average molecular weight is 389 g/mol. The van der Waals surface area contributed by atoms with E-state index in [2.05, 4.69) is 65.1 Å². The molecule has 0 spiro atoms. The van der Waals surface area contributed by atoms with Gasteiger partial charge in [0.25, 0.3) is 0 Å². The van der Waals surface area contributed by atoms with Gasteiger partial charge in [0.05, 0.1) is 0 Å². The molecular weight excluding hydrogens is 355 g/mol. The number of aryl methyl sites for hydroxylation is 2. The van der Waals surface area contributed by atoms with E-state index in [9.17, 15) is 0 Å². The molecule has 0 aliphatic heterocycles. The van der Waals surface area contributed by atoms with Gasteiger partial charge in [-0.1, -0.05) is 66.5 Å². The molecule has 0 nitrogen and oxygen atoms in total. The van der Waals surface area contributed by atoms with Crippen molar-refractivity contribution in [2.24, 2.45) is 0 Å². The van der Waals surface area contributed by atoms with Crippen LogP contribution in [-0.4, -0.2) is 19.0 Å². The van der Waals surface area contributed by atoms with Crippen LogP contribution < -0.4 is 10.4 Å². The molecule has 0 amide bonds. The molecule has 0 unspecified atom stereocenters. The van der Waals surface area contributed by atoms with E-state index < -0.39 is 0 Å². The fourth-order valence-corrected chi connectivity index (χ4v) is 5.97. The SMILES string of the molecule is CCc1cc[c-]([SiH2]C)c1CC.CCc1cc[c-]([SiH2]C)c1CC.[Ni+2]. The van der Waals surface area contributed by atoms with Gasteiger partial charge in [-0.25, -0.2) is 12.1 Å². The summed E-state index contributed by atoms with van der Waals surface area (Å²) in [7, 11) is 0.126.